The van der Waals surface area contributed by atoms with Crippen molar-refractivity contribution >= 4 is 38.9 Å². The fraction of sp³-hybridized carbons (Fsp3) is 0.409. The second-order valence-electron chi connectivity index (χ2n) is 8.04. The van der Waals surface area contributed by atoms with E-state index in [0.717, 1.165) is 24.8 Å². The molecule has 2 aromatic rings. The molecule has 0 aromatic heterocycles. The minimum Gasteiger partial charge on any atom is -0.480 e. The fourth-order valence-electron chi connectivity index (χ4n) is 3.75. The molecule has 0 heterocycles. The number of carboxylic acid groups (broad SMARTS) is 1. The average Bonchev–Trinajstić information content (AvgIpc) is 2.68. The molecule has 1 aliphatic carbocycles. The third-order valence-electron chi connectivity index (χ3n) is 5.89. The van der Waals surface area contributed by atoms with Gasteiger partial charge in [-0.25, -0.2) is 4.21 Å². The zero-order valence-corrected chi connectivity index (χ0v) is 19.3. The first-order valence-electron chi connectivity index (χ1n) is 10.1. The van der Waals surface area contributed by atoms with Crippen molar-refractivity contribution in [3.63, 3.8) is 0 Å². The van der Waals surface area contributed by atoms with Crippen molar-refractivity contribution in [2.24, 2.45) is 5.73 Å². The van der Waals surface area contributed by atoms with Crippen LogP contribution in [0, 0.1) is 4.78 Å². The van der Waals surface area contributed by atoms with Gasteiger partial charge in [0.25, 0.3) is 0 Å². The molecule has 168 valence electrons. The third kappa shape index (κ3) is 6.13. The van der Waals surface area contributed by atoms with Gasteiger partial charge in [-0.05, 0) is 67.0 Å². The van der Waals surface area contributed by atoms with E-state index in [-0.39, 0.29) is 23.3 Å². The molecule has 0 saturated heterocycles. The maximum atomic E-state index is 12.6. The first kappa shape index (κ1) is 23.9. The third-order valence-corrected chi connectivity index (χ3v) is 8.17. The normalized spacial score (nSPS) is 17.9. The number of hydrogen-bond acceptors (Lipinski definition) is 5. The molecule has 4 N–H and O–H groups in total. The number of nitrogens with two attached hydrogens (primary N) is 1. The summed E-state index contributed by atoms with van der Waals surface area (Å²) in [4.78, 5) is 10.8. The lowest BCUT2D eigenvalue weighted by atomic mass is 9.63. The van der Waals surface area contributed by atoms with E-state index in [1.54, 1.807) is 18.2 Å². The Morgan fingerprint density at radius 2 is 1.87 bits per heavy atom. The number of hydrogen-bond donors (Lipinski definition) is 3. The molecule has 0 radical (unpaired) electrons. The lowest BCUT2D eigenvalue weighted by Gasteiger charge is -2.43. The Morgan fingerprint density at radius 1 is 1.19 bits per heavy atom. The number of ether oxygens (including phenoxy) is 1. The predicted octanol–water partition coefficient (Wildman–Crippen LogP) is 5.45. The van der Waals surface area contributed by atoms with Gasteiger partial charge in [-0.15, -0.1) is 0 Å². The van der Waals surface area contributed by atoms with Gasteiger partial charge in [0.15, 0.2) is 0 Å². The van der Waals surface area contributed by atoms with Gasteiger partial charge in [-0.3, -0.25) is 9.57 Å². The van der Waals surface area contributed by atoms with Gasteiger partial charge in [-0.1, -0.05) is 41.8 Å². The van der Waals surface area contributed by atoms with Crippen LogP contribution in [0.1, 0.15) is 37.7 Å². The number of rotatable bonds is 10. The summed E-state index contributed by atoms with van der Waals surface area (Å²) in [5.41, 5.74) is 6.51. The largest absolute Gasteiger partial charge is 0.480 e. The standard InChI is InChI=1S/C22H26Cl2N2O4S/c23-16-4-7-20(18(24)14-16)30-17-5-2-15(3-6-17)22(9-1-10-22)11-13-31(26,29)12-8-19(25)21(27)28/h2-7,14,19,26H,1,8-13,25H2,(H,27,28)/t19-,31?/m0/s1. The van der Waals surface area contributed by atoms with Crippen molar-refractivity contribution in [1.82, 2.24) is 0 Å². The van der Waals surface area contributed by atoms with E-state index in [9.17, 15) is 9.00 Å². The molecule has 31 heavy (non-hydrogen) atoms. The average molecular weight is 485 g/mol. The van der Waals surface area contributed by atoms with Crippen LogP contribution in [0.15, 0.2) is 42.5 Å². The van der Waals surface area contributed by atoms with Gasteiger partial charge in [0, 0.05) is 26.3 Å². The number of aliphatic carboxylic acids is 1. The van der Waals surface area contributed by atoms with Crippen molar-refractivity contribution in [2.75, 3.05) is 11.5 Å². The van der Waals surface area contributed by atoms with Gasteiger partial charge in [0.1, 0.15) is 17.5 Å². The highest BCUT2D eigenvalue weighted by atomic mass is 35.5. The minimum atomic E-state index is -2.88. The SMILES string of the molecule is N=S(=O)(CC[C@H](N)C(=O)O)CCC1(c2ccc(Oc3ccc(Cl)cc3Cl)cc2)CCC1. The molecule has 3 rings (SSSR count). The lowest BCUT2D eigenvalue weighted by molar-refractivity contribution is -0.138. The molecule has 2 atom stereocenters. The van der Waals surface area contributed by atoms with E-state index in [4.69, 9.17) is 43.6 Å². The van der Waals surface area contributed by atoms with Crippen molar-refractivity contribution in [1.29, 1.82) is 4.78 Å². The summed E-state index contributed by atoms with van der Waals surface area (Å²) in [6.45, 7) is 0. The Kier molecular flexibility index (Phi) is 7.52. The molecule has 1 saturated carbocycles. The van der Waals surface area contributed by atoms with E-state index in [2.05, 4.69) is 0 Å². The lowest BCUT2D eigenvalue weighted by Crippen LogP contribution is -2.37. The summed E-state index contributed by atoms with van der Waals surface area (Å²) < 4.78 is 26.6. The van der Waals surface area contributed by atoms with Crippen molar-refractivity contribution < 1.29 is 18.8 Å². The molecule has 6 nitrogen and oxygen atoms in total. The predicted molar refractivity (Wildman–Crippen MR) is 124 cm³/mol. The summed E-state index contributed by atoms with van der Waals surface area (Å²) in [6, 6.07) is 11.7. The molecule has 0 aliphatic heterocycles. The van der Waals surface area contributed by atoms with Crippen LogP contribution in [-0.2, 0) is 19.9 Å². The van der Waals surface area contributed by atoms with Gasteiger partial charge in [0.05, 0.1) is 5.02 Å². The maximum absolute atomic E-state index is 12.6. The fourth-order valence-corrected chi connectivity index (χ4v) is 5.76. The molecular weight excluding hydrogens is 459 g/mol. The van der Waals surface area contributed by atoms with Crippen molar-refractivity contribution in [3.05, 3.63) is 58.1 Å². The molecule has 1 aliphatic rings. The van der Waals surface area contributed by atoms with Crippen LogP contribution in [0.5, 0.6) is 11.5 Å². The molecule has 2 aromatic carbocycles. The van der Waals surface area contributed by atoms with Crippen LogP contribution < -0.4 is 10.5 Å². The van der Waals surface area contributed by atoms with Crippen LogP contribution in [0.3, 0.4) is 0 Å². The minimum absolute atomic E-state index is 0.00513. The van der Waals surface area contributed by atoms with Crippen molar-refractivity contribution in [2.45, 2.75) is 43.6 Å². The number of carbonyl (C=O) groups is 1. The van der Waals surface area contributed by atoms with Crippen molar-refractivity contribution in [3.8, 4) is 11.5 Å². The summed E-state index contributed by atoms with van der Waals surface area (Å²) in [7, 11) is -2.88. The second-order valence-corrected chi connectivity index (χ2v) is 11.3. The van der Waals surface area contributed by atoms with Crippen LogP contribution in [0.4, 0.5) is 0 Å². The Labute approximate surface area is 192 Å². The van der Waals surface area contributed by atoms with Gasteiger partial charge in [-0.2, -0.15) is 0 Å². The van der Waals surface area contributed by atoms with Crippen LogP contribution in [0.25, 0.3) is 0 Å². The summed E-state index contributed by atoms with van der Waals surface area (Å²) in [6.07, 6.45) is 3.70. The first-order valence-corrected chi connectivity index (χ1v) is 12.7. The van der Waals surface area contributed by atoms with Crippen LogP contribution >= 0.6 is 23.2 Å². The van der Waals surface area contributed by atoms with Gasteiger partial charge in [0.2, 0.25) is 0 Å². The molecule has 0 bridgehead atoms. The number of benzene rings is 2. The zero-order chi connectivity index (χ0) is 22.6. The first-order chi connectivity index (χ1) is 14.6. The van der Waals surface area contributed by atoms with E-state index < -0.39 is 21.7 Å². The van der Waals surface area contributed by atoms with E-state index in [1.165, 1.54) is 0 Å². The molecule has 9 heteroatoms. The summed E-state index contributed by atoms with van der Waals surface area (Å²) in [5.74, 6) is 0.274. The topological polar surface area (TPSA) is 113 Å². The highest BCUT2D eigenvalue weighted by Crippen LogP contribution is 2.47. The number of nitrogens with one attached hydrogen (secondary N) is 1. The summed E-state index contributed by atoms with van der Waals surface area (Å²) in [5, 5.41) is 9.84. The Morgan fingerprint density at radius 3 is 2.42 bits per heavy atom. The van der Waals surface area contributed by atoms with E-state index in [1.807, 2.05) is 24.3 Å². The second kappa shape index (κ2) is 9.77. The molecular formula is C22H26Cl2N2O4S. The molecule has 1 unspecified atom stereocenters. The van der Waals surface area contributed by atoms with E-state index >= 15 is 0 Å². The number of halogens is 2. The smallest absolute Gasteiger partial charge is 0.320 e. The molecule has 0 amide bonds. The maximum Gasteiger partial charge on any atom is 0.320 e. The Balaban J connectivity index is 1.64. The highest BCUT2D eigenvalue weighted by Gasteiger charge is 2.39. The van der Waals surface area contributed by atoms with Gasteiger partial charge < -0.3 is 15.6 Å². The highest BCUT2D eigenvalue weighted by molar-refractivity contribution is 7.92. The Hall–Kier alpha value is -1.80. The summed E-state index contributed by atoms with van der Waals surface area (Å²) >= 11 is 12.1. The molecule has 1 fully saturated rings. The van der Waals surface area contributed by atoms with Crippen LogP contribution in [-0.4, -0.2) is 32.8 Å². The number of carboxylic acids is 1. The Bertz CT molecular complexity index is 1040. The monoisotopic (exact) mass is 484 g/mol. The quantitative estimate of drug-likeness (QED) is 0.414. The van der Waals surface area contributed by atoms with Crippen LogP contribution in [0.2, 0.25) is 10.0 Å². The zero-order valence-electron chi connectivity index (χ0n) is 17.0. The van der Waals surface area contributed by atoms with E-state index in [0.29, 0.717) is 28.0 Å². The van der Waals surface area contributed by atoms with Gasteiger partial charge >= 0.3 is 5.97 Å². The molecule has 0 spiro atoms.